The van der Waals surface area contributed by atoms with Gasteiger partial charge in [0.15, 0.2) is 5.96 Å². The van der Waals surface area contributed by atoms with Crippen LogP contribution in [0.25, 0.3) is 0 Å². The zero-order chi connectivity index (χ0) is 19.6. The first kappa shape index (κ1) is 19.8. The summed E-state index contributed by atoms with van der Waals surface area (Å²) in [7, 11) is 0. The van der Waals surface area contributed by atoms with Crippen molar-refractivity contribution in [3.05, 3.63) is 76.0 Å². The number of benzene rings is 1. The molecule has 0 aliphatic rings. The van der Waals surface area contributed by atoms with Gasteiger partial charge in [0.1, 0.15) is 17.4 Å². The molecule has 0 atom stereocenters. The summed E-state index contributed by atoms with van der Waals surface area (Å²) in [6, 6.07) is 13.8. The molecule has 0 unspecified atom stereocenters. The molecule has 0 aliphatic heterocycles. The number of aryl methyl sites for hydroxylation is 1. The van der Waals surface area contributed by atoms with Gasteiger partial charge in [0.05, 0.1) is 18.8 Å². The molecule has 0 saturated heterocycles. The summed E-state index contributed by atoms with van der Waals surface area (Å²) in [6.45, 7) is 6.64. The zero-order valence-electron chi connectivity index (χ0n) is 16.2. The fourth-order valence-electron chi connectivity index (χ4n) is 2.49. The summed E-state index contributed by atoms with van der Waals surface area (Å²) in [4.78, 5) is 14.5. The maximum atomic E-state index is 5.77. The Labute approximate surface area is 169 Å². The lowest BCUT2D eigenvalue weighted by Gasteiger charge is -2.10. The van der Waals surface area contributed by atoms with Crippen molar-refractivity contribution in [3.8, 4) is 5.75 Å². The molecule has 2 aromatic heterocycles. The highest BCUT2D eigenvalue weighted by atomic mass is 32.1. The summed E-state index contributed by atoms with van der Waals surface area (Å²) in [5.74, 6) is 1.60. The SMILES string of the molecule is CCNC(=NCc1ccc(OCc2ccccn2)cc1)NCc1ncc(C)s1. The van der Waals surface area contributed by atoms with Crippen molar-refractivity contribution in [3.63, 3.8) is 0 Å². The van der Waals surface area contributed by atoms with Crippen LogP contribution in [-0.4, -0.2) is 22.5 Å². The number of pyridine rings is 1. The lowest BCUT2D eigenvalue weighted by molar-refractivity contribution is 0.301. The third-order valence-corrected chi connectivity index (χ3v) is 4.79. The molecule has 0 spiro atoms. The Morgan fingerprint density at radius 2 is 1.96 bits per heavy atom. The lowest BCUT2D eigenvalue weighted by atomic mass is 10.2. The molecular formula is C21H25N5OS. The molecule has 3 aromatic rings. The number of guanidine groups is 1. The molecule has 0 fully saturated rings. The van der Waals surface area contributed by atoms with E-state index >= 15 is 0 Å². The monoisotopic (exact) mass is 395 g/mol. The molecule has 0 aliphatic carbocycles. The highest BCUT2D eigenvalue weighted by Gasteiger charge is 2.02. The second-order valence-electron chi connectivity index (χ2n) is 6.17. The number of aromatic nitrogens is 2. The molecule has 0 radical (unpaired) electrons. The van der Waals surface area contributed by atoms with Crippen LogP contribution in [0.5, 0.6) is 5.75 Å². The van der Waals surface area contributed by atoms with E-state index in [-0.39, 0.29) is 0 Å². The molecule has 7 heteroatoms. The van der Waals surface area contributed by atoms with Crippen molar-refractivity contribution in [2.75, 3.05) is 6.54 Å². The Kier molecular flexibility index (Phi) is 7.37. The molecule has 6 nitrogen and oxygen atoms in total. The Bertz CT molecular complexity index is 877. The van der Waals surface area contributed by atoms with Crippen LogP contribution in [0.1, 0.15) is 28.1 Å². The number of hydrogen-bond acceptors (Lipinski definition) is 5. The predicted octanol–water partition coefficient (Wildman–Crippen LogP) is 3.68. The fraction of sp³-hybridized carbons (Fsp3) is 0.286. The van der Waals surface area contributed by atoms with E-state index in [2.05, 4.69) is 39.4 Å². The third kappa shape index (κ3) is 6.35. The number of nitrogens with zero attached hydrogens (tertiary/aromatic N) is 3. The van der Waals surface area contributed by atoms with Crippen LogP contribution in [0.2, 0.25) is 0 Å². The van der Waals surface area contributed by atoms with Gasteiger partial charge in [-0.1, -0.05) is 18.2 Å². The van der Waals surface area contributed by atoms with Gasteiger partial charge in [-0.3, -0.25) is 4.98 Å². The number of rotatable bonds is 8. The van der Waals surface area contributed by atoms with E-state index in [1.807, 2.05) is 48.7 Å². The molecule has 2 N–H and O–H groups in total. The van der Waals surface area contributed by atoms with E-state index in [1.54, 1.807) is 17.5 Å². The zero-order valence-corrected chi connectivity index (χ0v) is 17.0. The number of aliphatic imine (C=N–C) groups is 1. The van der Waals surface area contributed by atoms with Crippen LogP contribution in [0.4, 0.5) is 0 Å². The molecule has 0 amide bonds. The van der Waals surface area contributed by atoms with Crippen LogP contribution in [-0.2, 0) is 19.7 Å². The fourth-order valence-corrected chi connectivity index (χ4v) is 3.21. The summed E-state index contributed by atoms with van der Waals surface area (Å²) >= 11 is 1.69. The van der Waals surface area contributed by atoms with Gasteiger partial charge in [-0.2, -0.15) is 0 Å². The number of nitrogens with one attached hydrogen (secondary N) is 2. The first-order chi connectivity index (χ1) is 13.7. The average molecular weight is 396 g/mol. The van der Waals surface area contributed by atoms with Crippen molar-refractivity contribution in [2.24, 2.45) is 4.99 Å². The summed E-state index contributed by atoms with van der Waals surface area (Å²) in [5.41, 5.74) is 2.03. The lowest BCUT2D eigenvalue weighted by Crippen LogP contribution is -2.36. The largest absolute Gasteiger partial charge is 0.487 e. The average Bonchev–Trinajstić information content (AvgIpc) is 3.15. The van der Waals surface area contributed by atoms with Crippen molar-refractivity contribution >= 4 is 17.3 Å². The first-order valence-corrected chi connectivity index (χ1v) is 10.1. The second kappa shape index (κ2) is 10.4. The predicted molar refractivity (Wildman–Crippen MR) is 114 cm³/mol. The van der Waals surface area contributed by atoms with E-state index in [1.165, 1.54) is 4.88 Å². The minimum atomic E-state index is 0.461. The third-order valence-electron chi connectivity index (χ3n) is 3.88. The van der Waals surface area contributed by atoms with Crippen molar-refractivity contribution in [1.82, 2.24) is 20.6 Å². The number of thiazole rings is 1. The molecule has 1 aromatic carbocycles. The van der Waals surface area contributed by atoms with Gasteiger partial charge < -0.3 is 15.4 Å². The minimum absolute atomic E-state index is 0.461. The van der Waals surface area contributed by atoms with Crippen LogP contribution >= 0.6 is 11.3 Å². The maximum absolute atomic E-state index is 5.77. The standard InChI is InChI=1S/C21H25N5OS/c1-3-22-21(26-14-20-24-12-16(2)28-20)25-13-17-7-9-19(10-8-17)27-15-18-6-4-5-11-23-18/h4-12H,3,13-15H2,1-2H3,(H2,22,25,26). The summed E-state index contributed by atoms with van der Waals surface area (Å²) in [5, 5.41) is 7.64. The van der Waals surface area contributed by atoms with Gasteiger partial charge >= 0.3 is 0 Å². The van der Waals surface area contributed by atoms with Gasteiger partial charge in [0.2, 0.25) is 0 Å². The van der Waals surface area contributed by atoms with Crippen molar-refractivity contribution in [2.45, 2.75) is 33.5 Å². The normalized spacial score (nSPS) is 11.3. The molecule has 0 bridgehead atoms. The van der Waals surface area contributed by atoms with Gasteiger partial charge in [-0.15, -0.1) is 11.3 Å². The van der Waals surface area contributed by atoms with Crippen LogP contribution in [0.3, 0.4) is 0 Å². The molecule has 3 rings (SSSR count). The van der Waals surface area contributed by atoms with Crippen molar-refractivity contribution in [1.29, 1.82) is 0 Å². The molecule has 28 heavy (non-hydrogen) atoms. The van der Waals surface area contributed by atoms with E-state index in [0.29, 0.717) is 19.7 Å². The van der Waals surface area contributed by atoms with E-state index in [9.17, 15) is 0 Å². The maximum Gasteiger partial charge on any atom is 0.191 e. The summed E-state index contributed by atoms with van der Waals surface area (Å²) < 4.78 is 5.77. The Morgan fingerprint density at radius 3 is 2.64 bits per heavy atom. The molecular weight excluding hydrogens is 370 g/mol. The van der Waals surface area contributed by atoms with Gasteiger partial charge in [-0.05, 0) is 43.7 Å². The molecule has 146 valence electrons. The Balaban J connectivity index is 1.51. The van der Waals surface area contributed by atoms with Crippen molar-refractivity contribution < 1.29 is 4.74 Å². The number of hydrogen-bond donors (Lipinski definition) is 2. The number of ether oxygens (including phenoxy) is 1. The second-order valence-corrected chi connectivity index (χ2v) is 7.49. The minimum Gasteiger partial charge on any atom is -0.487 e. The summed E-state index contributed by atoms with van der Waals surface area (Å²) in [6.07, 6.45) is 3.66. The Morgan fingerprint density at radius 1 is 1.11 bits per heavy atom. The topological polar surface area (TPSA) is 71.4 Å². The van der Waals surface area contributed by atoms with E-state index < -0.39 is 0 Å². The van der Waals surface area contributed by atoms with Gasteiger partial charge in [0.25, 0.3) is 0 Å². The molecule has 2 heterocycles. The van der Waals surface area contributed by atoms with Crippen LogP contribution in [0, 0.1) is 6.92 Å². The van der Waals surface area contributed by atoms with Gasteiger partial charge in [0, 0.05) is 23.8 Å². The van der Waals surface area contributed by atoms with E-state index in [4.69, 9.17) is 4.74 Å². The highest BCUT2D eigenvalue weighted by molar-refractivity contribution is 7.11. The van der Waals surface area contributed by atoms with Crippen LogP contribution < -0.4 is 15.4 Å². The first-order valence-electron chi connectivity index (χ1n) is 9.28. The Hall–Kier alpha value is -2.93. The van der Waals surface area contributed by atoms with Crippen LogP contribution in [0.15, 0.2) is 59.9 Å². The van der Waals surface area contributed by atoms with Gasteiger partial charge in [-0.25, -0.2) is 9.98 Å². The smallest absolute Gasteiger partial charge is 0.191 e. The quantitative estimate of drug-likeness (QED) is 0.450. The van der Waals surface area contributed by atoms with E-state index in [0.717, 1.165) is 34.5 Å². The highest BCUT2D eigenvalue weighted by Crippen LogP contribution is 2.14. The molecule has 0 saturated carbocycles.